The molecule has 1 aliphatic heterocycles. The second-order valence-electron chi connectivity index (χ2n) is 5.50. The molecule has 0 saturated carbocycles. The van der Waals surface area contributed by atoms with E-state index in [0.717, 1.165) is 12.1 Å². The van der Waals surface area contributed by atoms with Gasteiger partial charge >= 0.3 is 6.18 Å². The lowest BCUT2D eigenvalue weighted by molar-refractivity contribution is -0.137. The lowest BCUT2D eigenvalue weighted by Crippen LogP contribution is -2.37. The normalized spacial score (nSPS) is 14.1. The Hall–Kier alpha value is -2.97. The maximum atomic E-state index is 12.8. The van der Waals surface area contributed by atoms with Crippen LogP contribution in [0.25, 0.3) is 0 Å². The van der Waals surface area contributed by atoms with Gasteiger partial charge in [-0.3, -0.25) is 9.59 Å². The Bertz CT molecular complexity index is 852. The number of amides is 2. The van der Waals surface area contributed by atoms with Crippen LogP contribution in [-0.2, 0) is 19.1 Å². The minimum atomic E-state index is -4.52. The van der Waals surface area contributed by atoms with E-state index < -0.39 is 23.6 Å². The molecule has 1 aliphatic rings. The predicted octanol–water partition coefficient (Wildman–Crippen LogP) is 1.59. The summed E-state index contributed by atoms with van der Waals surface area (Å²) in [5.74, 6) is -1.58. The van der Waals surface area contributed by atoms with Crippen molar-refractivity contribution in [3.8, 4) is 0 Å². The predicted molar refractivity (Wildman–Crippen MR) is 79.3 cm³/mol. The average Bonchev–Trinajstić information content (AvgIpc) is 2.59. The molecule has 0 atom stereocenters. The molecule has 1 aromatic heterocycles. The lowest BCUT2D eigenvalue weighted by Gasteiger charge is -2.28. The van der Waals surface area contributed by atoms with Gasteiger partial charge in [0.25, 0.3) is 11.8 Å². The van der Waals surface area contributed by atoms with Gasteiger partial charge in [0.2, 0.25) is 5.82 Å². The fourth-order valence-corrected chi connectivity index (χ4v) is 2.54. The molecular weight excluding hydrogens is 337 g/mol. The van der Waals surface area contributed by atoms with Crippen LogP contribution in [0.3, 0.4) is 0 Å². The van der Waals surface area contributed by atoms with Gasteiger partial charge in [0, 0.05) is 17.7 Å². The summed E-state index contributed by atoms with van der Waals surface area (Å²) in [7, 11) is 0. The molecule has 2 heterocycles. The van der Waals surface area contributed by atoms with Crippen molar-refractivity contribution in [2.45, 2.75) is 19.1 Å². The van der Waals surface area contributed by atoms with E-state index in [9.17, 15) is 22.8 Å². The number of benzene rings is 1. The quantitative estimate of drug-likeness (QED) is 0.892. The average molecular weight is 349 g/mol. The third-order valence-electron chi connectivity index (χ3n) is 3.80. The highest BCUT2D eigenvalue weighted by molar-refractivity contribution is 5.94. The van der Waals surface area contributed by atoms with Crippen molar-refractivity contribution >= 4 is 11.8 Å². The van der Waals surface area contributed by atoms with E-state index in [1.54, 1.807) is 0 Å². The highest BCUT2D eigenvalue weighted by Crippen LogP contribution is 2.30. The summed E-state index contributed by atoms with van der Waals surface area (Å²) in [5, 5.41) is 0. The second kappa shape index (κ2) is 6.15. The molecule has 0 saturated heterocycles. The molecule has 25 heavy (non-hydrogen) atoms. The third-order valence-corrected chi connectivity index (χ3v) is 3.80. The number of aromatic nitrogens is 2. The first-order valence-electron chi connectivity index (χ1n) is 7.29. The maximum absolute atomic E-state index is 12.8. The van der Waals surface area contributed by atoms with E-state index in [1.807, 2.05) is 0 Å². The Kier molecular flexibility index (Phi) is 4.15. The Balaban J connectivity index is 1.85. The molecule has 129 valence electrons. The van der Waals surface area contributed by atoms with E-state index in [2.05, 4.69) is 16.2 Å². The number of fused-ring (bicyclic) bond motifs is 1. The molecule has 3 rings (SSSR count). The fourth-order valence-electron chi connectivity index (χ4n) is 2.54. The van der Waals surface area contributed by atoms with Crippen molar-refractivity contribution in [3.63, 3.8) is 0 Å². The van der Waals surface area contributed by atoms with Gasteiger partial charge in [0.05, 0.1) is 24.0 Å². The van der Waals surface area contributed by atoms with Crippen LogP contribution in [0.15, 0.2) is 24.3 Å². The number of carbonyl (C=O) groups excluding carboxylic acids is 2. The molecule has 0 unspecified atom stereocenters. The third kappa shape index (κ3) is 3.44. The lowest BCUT2D eigenvalue weighted by atomic mass is 10.0. The summed E-state index contributed by atoms with van der Waals surface area (Å²) < 4.78 is 38.4. The molecule has 1 aromatic carbocycles. The highest BCUT2D eigenvalue weighted by atomic mass is 19.4. The first-order chi connectivity index (χ1) is 11.8. The van der Waals surface area contributed by atoms with Crippen molar-refractivity contribution < 1.29 is 22.8 Å². The maximum Gasteiger partial charge on any atom is 0.416 e. The zero-order valence-electron chi connectivity index (χ0n) is 12.8. The molecule has 9 heteroatoms. The summed E-state index contributed by atoms with van der Waals surface area (Å²) in [4.78, 5) is 32.8. The van der Waals surface area contributed by atoms with Crippen molar-refractivity contribution in [1.82, 2.24) is 14.9 Å². The van der Waals surface area contributed by atoms with Crippen LogP contribution in [0, 0.1) is 6.20 Å². The largest absolute Gasteiger partial charge is 0.416 e. The van der Waals surface area contributed by atoms with E-state index in [0.29, 0.717) is 17.7 Å². The molecular formula is C16H12F3N4O2. The summed E-state index contributed by atoms with van der Waals surface area (Å²) in [6, 6.07) is 4.24. The van der Waals surface area contributed by atoms with Crippen LogP contribution in [0.1, 0.15) is 37.8 Å². The molecule has 0 fully saturated rings. The van der Waals surface area contributed by atoms with Crippen LogP contribution in [-0.4, -0.2) is 33.2 Å². The zero-order chi connectivity index (χ0) is 18.2. The van der Waals surface area contributed by atoms with E-state index in [4.69, 9.17) is 5.73 Å². The minimum absolute atomic E-state index is 0.0453. The van der Waals surface area contributed by atoms with Crippen LogP contribution >= 0.6 is 0 Å². The molecule has 2 aromatic rings. The SMILES string of the molecule is NC(=O)c1n[c]c2c(n1)CN(C(=O)c1cccc(C(F)(F)F)c1)CC2. The van der Waals surface area contributed by atoms with E-state index >= 15 is 0 Å². The van der Waals surface area contributed by atoms with Gasteiger partial charge in [0.15, 0.2) is 0 Å². The van der Waals surface area contributed by atoms with Gasteiger partial charge in [0.1, 0.15) is 0 Å². The molecule has 2 amide bonds. The number of hydrogen-bond acceptors (Lipinski definition) is 4. The number of nitrogens with two attached hydrogens (primary N) is 1. The summed E-state index contributed by atoms with van der Waals surface area (Å²) in [5.41, 5.74) is 5.23. The standard InChI is InChI=1S/C16H12F3N4O2/c17-16(18,19)11-3-1-2-9(6-11)15(25)23-5-4-10-7-21-14(13(20)24)22-12(10)8-23/h1-3,6H,4-5,8H2,(H2,20,24). The Morgan fingerprint density at radius 2 is 2.04 bits per heavy atom. The molecule has 0 spiro atoms. The van der Waals surface area contributed by atoms with Crippen molar-refractivity contribution in [2.24, 2.45) is 5.73 Å². The summed E-state index contributed by atoms with van der Waals surface area (Å²) in [6.45, 7) is 0.335. The number of halogens is 3. The molecule has 1 radical (unpaired) electrons. The van der Waals surface area contributed by atoms with Crippen molar-refractivity contribution in [3.05, 3.63) is 58.7 Å². The van der Waals surface area contributed by atoms with Crippen LogP contribution in [0.5, 0.6) is 0 Å². The van der Waals surface area contributed by atoms with Crippen molar-refractivity contribution in [1.29, 1.82) is 0 Å². The van der Waals surface area contributed by atoms with Crippen molar-refractivity contribution in [2.75, 3.05) is 6.54 Å². The number of nitrogens with zero attached hydrogens (tertiary/aromatic N) is 3. The van der Waals surface area contributed by atoms with Gasteiger partial charge in [-0.25, -0.2) is 9.97 Å². The Labute approximate surface area is 140 Å². The van der Waals surface area contributed by atoms with Crippen LogP contribution < -0.4 is 5.73 Å². The van der Waals surface area contributed by atoms with Gasteiger partial charge in [-0.15, -0.1) is 0 Å². The van der Waals surface area contributed by atoms with Gasteiger partial charge in [-0.1, -0.05) is 6.07 Å². The second-order valence-corrected chi connectivity index (χ2v) is 5.50. The molecule has 0 bridgehead atoms. The molecule has 0 aliphatic carbocycles. The van der Waals surface area contributed by atoms with Crippen LogP contribution in [0.2, 0.25) is 0 Å². The topological polar surface area (TPSA) is 89.2 Å². The Morgan fingerprint density at radius 3 is 2.72 bits per heavy atom. The minimum Gasteiger partial charge on any atom is -0.363 e. The molecule has 6 nitrogen and oxygen atoms in total. The first-order valence-corrected chi connectivity index (χ1v) is 7.29. The fraction of sp³-hybridized carbons (Fsp3) is 0.250. The summed E-state index contributed by atoms with van der Waals surface area (Å²) >= 11 is 0. The molecule has 2 N–H and O–H groups in total. The summed E-state index contributed by atoms with van der Waals surface area (Å²) in [6.07, 6.45) is -1.47. The first kappa shape index (κ1) is 16.9. The van der Waals surface area contributed by atoms with Gasteiger partial charge < -0.3 is 10.6 Å². The smallest absolute Gasteiger partial charge is 0.363 e. The highest BCUT2D eigenvalue weighted by Gasteiger charge is 2.32. The van der Waals surface area contributed by atoms with E-state index in [1.165, 1.54) is 17.0 Å². The van der Waals surface area contributed by atoms with Crippen LogP contribution in [0.4, 0.5) is 13.2 Å². The monoisotopic (exact) mass is 349 g/mol. The number of hydrogen-bond donors (Lipinski definition) is 1. The Morgan fingerprint density at radius 1 is 1.28 bits per heavy atom. The van der Waals surface area contributed by atoms with Gasteiger partial charge in [-0.05, 0) is 24.6 Å². The number of alkyl halides is 3. The number of rotatable bonds is 2. The number of carbonyl (C=O) groups is 2. The zero-order valence-corrected chi connectivity index (χ0v) is 12.8. The number of primary amides is 1. The van der Waals surface area contributed by atoms with Gasteiger partial charge in [-0.2, -0.15) is 13.2 Å². The van der Waals surface area contributed by atoms with E-state index in [-0.39, 0.29) is 24.5 Å².